The minimum Gasteiger partial charge on any atom is -0.423 e. The zero-order chi connectivity index (χ0) is 23.1. The van der Waals surface area contributed by atoms with Crippen LogP contribution in [0.25, 0.3) is 21.9 Å². The zero-order valence-electron chi connectivity index (χ0n) is 18.4. The smallest absolute Gasteiger partial charge is 0.336 e. The molecule has 0 radical (unpaired) electrons. The molecule has 0 spiro atoms. The minimum absolute atomic E-state index is 0.0103. The number of benzene rings is 2. The van der Waals surface area contributed by atoms with Crippen molar-refractivity contribution >= 4 is 45.2 Å². The highest BCUT2D eigenvalue weighted by Gasteiger charge is 2.21. The maximum Gasteiger partial charge on any atom is 0.336 e. The van der Waals surface area contributed by atoms with Gasteiger partial charge in [-0.3, -0.25) is 9.36 Å². The molecule has 1 fully saturated rings. The number of hydrogen-bond acceptors (Lipinski definition) is 6. The first-order valence-corrected chi connectivity index (χ1v) is 12.2. The van der Waals surface area contributed by atoms with E-state index in [4.69, 9.17) is 25.7 Å². The molecule has 33 heavy (non-hydrogen) atoms. The monoisotopic (exact) mass is 482 g/mol. The third kappa shape index (κ3) is 4.45. The van der Waals surface area contributed by atoms with Crippen LogP contribution in [0.15, 0.2) is 55.6 Å². The van der Waals surface area contributed by atoms with Gasteiger partial charge >= 0.3 is 5.63 Å². The highest BCUT2D eigenvalue weighted by Crippen LogP contribution is 2.29. The summed E-state index contributed by atoms with van der Waals surface area (Å²) in [6.45, 7) is 5.18. The average molecular weight is 483 g/mol. The highest BCUT2D eigenvalue weighted by molar-refractivity contribution is 7.98. The molecule has 1 unspecified atom stereocenters. The van der Waals surface area contributed by atoms with Crippen molar-refractivity contribution in [2.24, 2.45) is 0 Å². The average Bonchev–Trinajstić information content (AvgIpc) is 3.28. The Labute approximate surface area is 199 Å². The maximum atomic E-state index is 13.4. The highest BCUT2D eigenvalue weighted by atomic mass is 35.5. The van der Waals surface area contributed by atoms with Crippen molar-refractivity contribution in [3.8, 4) is 0 Å². The van der Waals surface area contributed by atoms with Crippen LogP contribution in [0.3, 0.4) is 0 Å². The van der Waals surface area contributed by atoms with Gasteiger partial charge < -0.3 is 9.15 Å². The van der Waals surface area contributed by atoms with E-state index in [0.29, 0.717) is 45.6 Å². The third-order valence-corrected chi connectivity index (χ3v) is 7.35. The van der Waals surface area contributed by atoms with Gasteiger partial charge in [0.25, 0.3) is 5.56 Å². The number of aryl methyl sites for hydroxylation is 2. The second kappa shape index (κ2) is 8.97. The van der Waals surface area contributed by atoms with Gasteiger partial charge in [0.2, 0.25) is 0 Å². The number of halogens is 1. The van der Waals surface area contributed by atoms with E-state index < -0.39 is 5.63 Å². The van der Waals surface area contributed by atoms with E-state index in [1.165, 1.54) is 17.8 Å². The molecular formula is C25H23ClN2O4S. The lowest BCUT2D eigenvalue weighted by atomic mass is 10.0. The molecule has 2 aromatic carbocycles. The minimum atomic E-state index is -0.392. The van der Waals surface area contributed by atoms with E-state index in [0.717, 1.165) is 34.9 Å². The Morgan fingerprint density at radius 3 is 2.73 bits per heavy atom. The van der Waals surface area contributed by atoms with Crippen molar-refractivity contribution in [3.05, 3.63) is 78.9 Å². The van der Waals surface area contributed by atoms with Crippen molar-refractivity contribution in [2.75, 3.05) is 6.61 Å². The van der Waals surface area contributed by atoms with E-state index in [9.17, 15) is 9.59 Å². The summed E-state index contributed by atoms with van der Waals surface area (Å²) >= 11 is 7.59. The van der Waals surface area contributed by atoms with Crippen LogP contribution in [0, 0.1) is 13.8 Å². The third-order valence-electron chi connectivity index (χ3n) is 6.09. The lowest BCUT2D eigenvalue weighted by molar-refractivity contribution is 0.0937. The van der Waals surface area contributed by atoms with Gasteiger partial charge in [-0.2, -0.15) is 0 Å². The van der Waals surface area contributed by atoms with Crippen LogP contribution in [0.1, 0.15) is 29.5 Å². The molecule has 0 bridgehead atoms. The summed E-state index contributed by atoms with van der Waals surface area (Å²) in [6, 6.07) is 10.6. The quantitative estimate of drug-likeness (QED) is 0.220. The first-order valence-electron chi connectivity index (χ1n) is 10.9. The van der Waals surface area contributed by atoms with Crippen LogP contribution < -0.4 is 11.2 Å². The summed E-state index contributed by atoms with van der Waals surface area (Å²) < 4.78 is 12.9. The Morgan fingerprint density at radius 2 is 1.94 bits per heavy atom. The van der Waals surface area contributed by atoms with E-state index in [2.05, 4.69) is 0 Å². The Bertz CT molecular complexity index is 1490. The molecule has 6 nitrogen and oxygen atoms in total. The topological polar surface area (TPSA) is 74.3 Å². The predicted molar refractivity (Wildman–Crippen MR) is 132 cm³/mol. The largest absolute Gasteiger partial charge is 0.423 e. The number of aromatic nitrogens is 2. The van der Waals surface area contributed by atoms with E-state index in [1.54, 1.807) is 22.8 Å². The van der Waals surface area contributed by atoms with Gasteiger partial charge in [0.15, 0.2) is 5.16 Å². The molecule has 3 heterocycles. The zero-order valence-corrected chi connectivity index (χ0v) is 20.0. The maximum absolute atomic E-state index is 13.4. The normalized spacial score (nSPS) is 16.2. The van der Waals surface area contributed by atoms with Gasteiger partial charge in [0.05, 0.1) is 23.6 Å². The van der Waals surface area contributed by atoms with Crippen LogP contribution in [-0.4, -0.2) is 22.3 Å². The van der Waals surface area contributed by atoms with Crippen LogP contribution in [0.2, 0.25) is 5.02 Å². The van der Waals surface area contributed by atoms with Crippen LogP contribution in [0.4, 0.5) is 0 Å². The number of ether oxygens (including phenoxy) is 1. The summed E-state index contributed by atoms with van der Waals surface area (Å²) in [5.74, 6) is 0.467. The summed E-state index contributed by atoms with van der Waals surface area (Å²) in [5, 5.41) is 2.52. The number of hydrogen-bond donors (Lipinski definition) is 0. The van der Waals surface area contributed by atoms with Crippen molar-refractivity contribution in [3.63, 3.8) is 0 Å². The van der Waals surface area contributed by atoms with E-state index >= 15 is 0 Å². The summed E-state index contributed by atoms with van der Waals surface area (Å²) in [5.41, 5.74) is 3.65. The molecule has 0 saturated carbocycles. The molecule has 0 amide bonds. The van der Waals surface area contributed by atoms with Crippen molar-refractivity contribution < 1.29 is 9.15 Å². The summed E-state index contributed by atoms with van der Waals surface area (Å²) in [4.78, 5) is 30.3. The van der Waals surface area contributed by atoms with Gasteiger partial charge in [0.1, 0.15) is 5.58 Å². The molecule has 5 rings (SSSR count). The van der Waals surface area contributed by atoms with Crippen LogP contribution in [-0.2, 0) is 17.0 Å². The van der Waals surface area contributed by atoms with Crippen molar-refractivity contribution in [1.29, 1.82) is 0 Å². The van der Waals surface area contributed by atoms with Gasteiger partial charge in [-0.1, -0.05) is 23.4 Å². The molecule has 170 valence electrons. The fraction of sp³-hybridized carbons (Fsp3) is 0.320. The second-order valence-electron chi connectivity index (χ2n) is 8.42. The Morgan fingerprint density at radius 1 is 1.12 bits per heavy atom. The summed E-state index contributed by atoms with van der Waals surface area (Å²) in [7, 11) is 0. The Hall–Kier alpha value is -2.61. The van der Waals surface area contributed by atoms with Crippen molar-refractivity contribution in [2.45, 2.75) is 50.2 Å². The SMILES string of the molecule is Cc1cc2oc(=O)cc(CSc3nc4cc(Cl)ccc4c(=O)n3CC3CCCO3)c2cc1C. The number of nitrogens with zero attached hydrogens (tertiary/aromatic N) is 2. The van der Waals surface area contributed by atoms with E-state index in [1.807, 2.05) is 26.0 Å². The van der Waals surface area contributed by atoms with Crippen molar-refractivity contribution in [1.82, 2.24) is 9.55 Å². The lowest BCUT2D eigenvalue weighted by Gasteiger charge is -2.17. The molecule has 8 heteroatoms. The fourth-order valence-electron chi connectivity index (χ4n) is 4.18. The first-order chi connectivity index (χ1) is 15.9. The van der Waals surface area contributed by atoms with Gasteiger partial charge in [0, 0.05) is 28.8 Å². The Balaban J connectivity index is 1.57. The Kier molecular flexibility index (Phi) is 6.03. The van der Waals surface area contributed by atoms with Crippen LogP contribution in [0.5, 0.6) is 0 Å². The molecule has 1 aliphatic heterocycles. The molecule has 0 N–H and O–H groups in total. The molecule has 1 aliphatic rings. The molecule has 1 atom stereocenters. The van der Waals surface area contributed by atoms with E-state index in [-0.39, 0.29) is 11.7 Å². The molecular weight excluding hydrogens is 460 g/mol. The van der Waals surface area contributed by atoms with Gasteiger partial charge in [-0.05, 0) is 73.7 Å². The molecule has 2 aromatic heterocycles. The number of fused-ring (bicyclic) bond motifs is 2. The fourth-order valence-corrected chi connectivity index (χ4v) is 5.35. The second-order valence-corrected chi connectivity index (χ2v) is 9.80. The summed E-state index contributed by atoms with van der Waals surface area (Å²) in [6.07, 6.45) is 1.89. The number of rotatable bonds is 5. The van der Waals surface area contributed by atoms with Crippen LogP contribution >= 0.6 is 23.4 Å². The standard InChI is InChI=1S/C25H23ClN2O4S/c1-14-8-20-16(10-23(29)32-22(20)9-15(14)2)13-33-25-27-21-11-17(26)5-6-19(21)24(30)28(25)12-18-4-3-7-31-18/h5-6,8-11,18H,3-4,7,12-13H2,1-2H3. The number of thioether (sulfide) groups is 1. The lowest BCUT2D eigenvalue weighted by Crippen LogP contribution is -2.28. The van der Waals surface area contributed by atoms with Gasteiger partial charge in [-0.15, -0.1) is 0 Å². The first kappa shape index (κ1) is 22.2. The molecule has 4 aromatic rings. The predicted octanol–water partition coefficient (Wildman–Crippen LogP) is 5.24. The molecule has 0 aliphatic carbocycles. The van der Waals surface area contributed by atoms with Gasteiger partial charge in [-0.25, -0.2) is 9.78 Å². The molecule has 1 saturated heterocycles.